The third-order valence-electron chi connectivity index (χ3n) is 2.55. The molecule has 1 unspecified atom stereocenters. The lowest BCUT2D eigenvalue weighted by atomic mass is 9.92. The molecule has 0 aliphatic rings. The maximum absolute atomic E-state index is 12.8. The average molecular weight is 312 g/mol. The van der Waals surface area contributed by atoms with Crippen LogP contribution in [0.2, 0.25) is 0 Å². The number of benzene rings is 1. The van der Waals surface area contributed by atoms with Gasteiger partial charge in [-0.25, -0.2) is 0 Å². The number of aromatic hydroxyl groups is 1. The number of halogens is 4. The molecule has 0 aromatic heterocycles. The SMILES string of the molecule is CC(CCN)c1cc(Br)c(O)cc1C(F)(F)F. The van der Waals surface area contributed by atoms with E-state index in [-0.39, 0.29) is 16.0 Å². The second-order valence-corrected chi connectivity index (χ2v) is 4.72. The summed E-state index contributed by atoms with van der Waals surface area (Å²) in [6.07, 6.45) is -4.02. The number of nitrogens with two attached hydrogens (primary N) is 1. The molecule has 0 saturated carbocycles. The first-order valence-corrected chi connectivity index (χ1v) is 5.86. The van der Waals surface area contributed by atoms with Crippen molar-refractivity contribution >= 4 is 15.9 Å². The van der Waals surface area contributed by atoms with Crippen molar-refractivity contribution in [2.75, 3.05) is 6.54 Å². The van der Waals surface area contributed by atoms with E-state index in [2.05, 4.69) is 15.9 Å². The van der Waals surface area contributed by atoms with Crippen molar-refractivity contribution in [1.82, 2.24) is 0 Å². The van der Waals surface area contributed by atoms with Crippen molar-refractivity contribution in [2.24, 2.45) is 5.73 Å². The van der Waals surface area contributed by atoms with E-state index in [0.29, 0.717) is 13.0 Å². The van der Waals surface area contributed by atoms with Crippen molar-refractivity contribution in [1.29, 1.82) is 0 Å². The molecular weight excluding hydrogens is 299 g/mol. The molecule has 17 heavy (non-hydrogen) atoms. The topological polar surface area (TPSA) is 46.2 Å². The highest BCUT2D eigenvalue weighted by atomic mass is 79.9. The molecule has 2 nitrogen and oxygen atoms in total. The molecule has 3 N–H and O–H groups in total. The Labute approximate surface area is 106 Å². The molecule has 1 aromatic rings. The fourth-order valence-corrected chi connectivity index (χ4v) is 2.00. The van der Waals surface area contributed by atoms with Gasteiger partial charge in [-0.2, -0.15) is 13.2 Å². The Morgan fingerprint density at radius 3 is 2.47 bits per heavy atom. The van der Waals surface area contributed by atoms with Gasteiger partial charge in [-0.1, -0.05) is 6.92 Å². The van der Waals surface area contributed by atoms with E-state index in [1.165, 1.54) is 6.07 Å². The third kappa shape index (κ3) is 3.35. The van der Waals surface area contributed by atoms with Crippen LogP contribution in [0.1, 0.15) is 30.4 Å². The van der Waals surface area contributed by atoms with Crippen LogP contribution in [0.4, 0.5) is 13.2 Å². The highest BCUT2D eigenvalue weighted by molar-refractivity contribution is 9.10. The van der Waals surface area contributed by atoms with Gasteiger partial charge in [0.1, 0.15) is 5.75 Å². The van der Waals surface area contributed by atoms with E-state index in [1.54, 1.807) is 6.92 Å². The van der Waals surface area contributed by atoms with Crippen LogP contribution in [0.15, 0.2) is 16.6 Å². The van der Waals surface area contributed by atoms with Gasteiger partial charge in [0.15, 0.2) is 0 Å². The smallest absolute Gasteiger partial charge is 0.416 e. The molecule has 96 valence electrons. The van der Waals surface area contributed by atoms with Crippen molar-refractivity contribution in [3.05, 3.63) is 27.7 Å². The molecule has 0 fully saturated rings. The Balaban J connectivity index is 3.31. The zero-order chi connectivity index (χ0) is 13.2. The van der Waals surface area contributed by atoms with Crippen molar-refractivity contribution < 1.29 is 18.3 Å². The summed E-state index contributed by atoms with van der Waals surface area (Å²) < 4.78 is 38.7. The van der Waals surface area contributed by atoms with E-state index in [1.807, 2.05) is 0 Å². The van der Waals surface area contributed by atoms with Crippen LogP contribution in [-0.2, 0) is 6.18 Å². The molecule has 0 saturated heterocycles. The monoisotopic (exact) mass is 311 g/mol. The second kappa shape index (κ2) is 5.27. The summed E-state index contributed by atoms with van der Waals surface area (Å²) in [6.45, 7) is 2.00. The lowest BCUT2D eigenvalue weighted by Crippen LogP contribution is -2.13. The molecule has 0 heterocycles. The summed E-state index contributed by atoms with van der Waals surface area (Å²) in [5.74, 6) is -0.727. The van der Waals surface area contributed by atoms with E-state index in [9.17, 15) is 18.3 Å². The summed E-state index contributed by atoms with van der Waals surface area (Å²) >= 11 is 3.02. The van der Waals surface area contributed by atoms with E-state index in [0.717, 1.165) is 6.07 Å². The van der Waals surface area contributed by atoms with Gasteiger partial charge >= 0.3 is 6.18 Å². The molecule has 0 radical (unpaired) electrons. The van der Waals surface area contributed by atoms with Gasteiger partial charge < -0.3 is 10.8 Å². The summed E-state index contributed by atoms with van der Waals surface area (Å²) in [4.78, 5) is 0. The van der Waals surface area contributed by atoms with Crippen LogP contribution in [0.3, 0.4) is 0 Å². The Kier molecular flexibility index (Phi) is 4.43. The Hall–Kier alpha value is -0.750. The molecule has 0 amide bonds. The largest absolute Gasteiger partial charge is 0.507 e. The Bertz CT molecular complexity index is 406. The summed E-state index contributed by atoms with van der Waals surface area (Å²) in [5.41, 5.74) is 4.69. The fraction of sp³-hybridized carbons (Fsp3) is 0.455. The van der Waals surface area contributed by atoms with Crippen LogP contribution >= 0.6 is 15.9 Å². The van der Waals surface area contributed by atoms with Crippen LogP contribution in [0, 0.1) is 0 Å². The van der Waals surface area contributed by atoms with Gasteiger partial charge in [0.25, 0.3) is 0 Å². The minimum absolute atomic E-state index is 0.146. The Morgan fingerprint density at radius 1 is 1.41 bits per heavy atom. The predicted octanol–water partition coefficient (Wildman–Crippen LogP) is 3.63. The quantitative estimate of drug-likeness (QED) is 0.895. The minimum atomic E-state index is -4.48. The summed E-state index contributed by atoms with van der Waals surface area (Å²) in [7, 11) is 0. The van der Waals surface area contributed by atoms with Crippen molar-refractivity contribution in [2.45, 2.75) is 25.4 Å². The van der Waals surface area contributed by atoms with Gasteiger partial charge in [-0.05, 0) is 52.5 Å². The molecule has 1 atom stereocenters. The van der Waals surface area contributed by atoms with Gasteiger partial charge in [-0.15, -0.1) is 0 Å². The number of alkyl halides is 3. The van der Waals surface area contributed by atoms with E-state index < -0.39 is 17.5 Å². The van der Waals surface area contributed by atoms with Gasteiger partial charge in [0.2, 0.25) is 0 Å². The highest BCUT2D eigenvalue weighted by Gasteiger charge is 2.35. The number of hydrogen-bond acceptors (Lipinski definition) is 2. The molecular formula is C11H13BrF3NO. The van der Waals surface area contributed by atoms with E-state index >= 15 is 0 Å². The standard InChI is InChI=1S/C11H13BrF3NO/c1-6(2-3-16)7-4-9(12)10(17)5-8(7)11(13,14)15/h4-6,17H,2-3,16H2,1H3. The van der Waals surface area contributed by atoms with Gasteiger partial charge in [0.05, 0.1) is 10.0 Å². The second-order valence-electron chi connectivity index (χ2n) is 3.87. The molecule has 0 aliphatic heterocycles. The normalized spacial score (nSPS) is 13.8. The molecule has 0 bridgehead atoms. The van der Waals surface area contributed by atoms with Crippen LogP contribution in [0.5, 0.6) is 5.75 Å². The first-order chi connectivity index (χ1) is 7.77. The maximum atomic E-state index is 12.8. The minimum Gasteiger partial charge on any atom is -0.507 e. The molecule has 0 aliphatic carbocycles. The number of rotatable bonds is 3. The van der Waals surface area contributed by atoms with Crippen LogP contribution in [-0.4, -0.2) is 11.7 Å². The summed E-state index contributed by atoms with van der Waals surface area (Å²) in [6, 6.07) is 2.05. The van der Waals surface area contributed by atoms with Crippen LogP contribution in [0.25, 0.3) is 0 Å². The van der Waals surface area contributed by atoms with Crippen LogP contribution < -0.4 is 5.73 Å². The highest BCUT2D eigenvalue weighted by Crippen LogP contribution is 2.40. The molecule has 1 rings (SSSR count). The third-order valence-corrected chi connectivity index (χ3v) is 3.19. The average Bonchev–Trinajstić information content (AvgIpc) is 2.20. The molecule has 0 spiro atoms. The zero-order valence-corrected chi connectivity index (χ0v) is 10.8. The summed E-state index contributed by atoms with van der Waals surface area (Å²) in [5, 5.41) is 9.33. The predicted molar refractivity (Wildman–Crippen MR) is 62.9 cm³/mol. The molecule has 1 aromatic carbocycles. The Morgan fingerprint density at radius 2 is 2.00 bits per heavy atom. The number of hydrogen-bond donors (Lipinski definition) is 2. The van der Waals surface area contributed by atoms with Gasteiger partial charge in [0, 0.05) is 0 Å². The maximum Gasteiger partial charge on any atom is 0.416 e. The molecule has 6 heteroatoms. The zero-order valence-electron chi connectivity index (χ0n) is 9.18. The van der Waals surface area contributed by atoms with Crippen molar-refractivity contribution in [3.63, 3.8) is 0 Å². The fourth-order valence-electron chi connectivity index (χ4n) is 1.64. The number of phenolic OH excluding ortho intramolecular Hbond substituents is 1. The van der Waals surface area contributed by atoms with Crippen molar-refractivity contribution in [3.8, 4) is 5.75 Å². The lowest BCUT2D eigenvalue weighted by Gasteiger charge is -2.19. The lowest BCUT2D eigenvalue weighted by molar-refractivity contribution is -0.138. The van der Waals surface area contributed by atoms with E-state index in [4.69, 9.17) is 5.73 Å². The first kappa shape index (κ1) is 14.3. The van der Waals surface area contributed by atoms with Gasteiger partial charge in [-0.3, -0.25) is 0 Å². The first-order valence-electron chi connectivity index (χ1n) is 5.07. The number of phenols is 1.